The highest BCUT2D eigenvalue weighted by molar-refractivity contribution is 6.10. The number of para-hydroxylation sites is 5. The lowest BCUT2D eigenvalue weighted by molar-refractivity contribution is 0.669. The Bertz CT molecular complexity index is 4140. The van der Waals surface area contributed by atoms with E-state index in [2.05, 4.69) is 6.07 Å². The third-order valence-corrected chi connectivity index (χ3v) is 10.1. The van der Waals surface area contributed by atoms with Crippen molar-refractivity contribution in [2.24, 2.45) is 0 Å². The van der Waals surface area contributed by atoms with Gasteiger partial charge in [-0.05, 0) is 70.7 Å². The maximum absolute atomic E-state index is 9.17. The molecule has 0 spiro atoms. The minimum atomic E-state index is -0.698. The number of furan rings is 1. The highest BCUT2D eigenvalue weighted by Gasteiger charge is 2.20. The molecule has 6 heteroatoms. The van der Waals surface area contributed by atoms with E-state index < -0.39 is 109 Å². The van der Waals surface area contributed by atoms with E-state index >= 15 is 0 Å². The molecular weight excluding hydrogens is 699 g/mol. The molecule has 0 aliphatic rings. The van der Waals surface area contributed by atoms with Crippen LogP contribution in [0.4, 0.5) is 0 Å². The van der Waals surface area contributed by atoms with E-state index in [-0.39, 0.29) is 49.4 Å². The van der Waals surface area contributed by atoms with Crippen LogP contribution in [0.3, 0.4) is 0 Å². The molecule has 4 aromatic heterocycles. The molecule has 6 nitrogen and oxygen atoms in total. The minimum absolute atomic E-state index is 0.144. The van der Waals surface area contributed by atoms with E-state index in [0.717, 1.165) is 53.3 Å². The molecule has 0 unspecified atom stereocenters. The third-order valence-electron chi connectivity index (χ3n) is 10.1. The van der Waals surface area contributed by atoms with Gasteiger partial charge in [0.1, 0.15) is 11.2 Å². The smallest absolute Gasteiger partial charge is 0.240 e. The van der Waals surface area contributed by atoms with Gasteiger partial charge in [-0.15, -0.1) is 0 Å². The normalized spacial score (nSPS) is 15.8. The van der Waals surface area contributed by atoms with Crippen LogP contribution < -0.4 is 0 Å². The van der Waals surface area contributed by atoms with E-state index in [4.69, 9.17) is 35.8 Å². The van der Waals surface area contributed by atoms with Crippen LogP contribution in [0, 0.1) is 0 Å². The van der Waals surface area contributed by atoms with Gasteiger partial charge in [0.15, 0.2) is 5.82 Å². The number of benzene rings is 8. The molecule has 8 aromatic carbocycles. The van der Waals surface area contributed by atoms with E-state index in [9.17, 15) is 5.48 Å². The van der Waals surface area contributed by atoms with Gasteiger partial charge in [-0.2, -0.15) is 15.0 Å². The fraction of sp³-hybridized carbons (Fsp3) is 0. The van der Waals surface area contributed by atoms with Crippen LogP contribution in [-0.4, -0.2) is 24.1 Å². The second-order valence-corrected chi connectivity index (χ2v) is 13.3. The van der Waals surface area contributed by atoms with Crippen molar-refractivity contribution < 1.29 is 26.3 Å². The standard InChI is InChI=1S/C51H31N5O/c1-6-19-43-37(14-1)38-15-2-7-20-44(38)55(43)50-52-49(53-51(54-50)56-45-21-8-3-16-39(45)40-17-4-9-22-46(40)56)33-26-24-32(25-27-33)34-12-11-13-35(30-34)36-28-29-48-42(31-36)41-18-5-10-23-47(41)57-48/h1-31H/i1D,2D,3D,4D,6D,7D,8D,9D,14D,15D,16D,17D,19D,20D,21D,22D. The Balaban J connectivity index is 1.14. The summed E-state index contributed by atoms with van der Waals surface area (Å²) in [6.45, 7) is 0. The first kappa shape index (κ1) is 19.7. The summed E-state index contributed by atoms with van der Waals surface area (Å²) in [5.41, 5.74) is 4.10. The van der Waals surface area contributed by atoms with Crippen LogP contribution in [0.15, 0.2) is 192 Å². The number of aromatic nitrogens is 5. The summed E-state index contributed by atoms with van der Waals surface area (Å²) in [5, 5.41) is 0.918. The zero-order valence-corrected chi connectivity index (χ0v) is 29.3. The number of hydrogen-bond acceptors (Lipinski definition) is 4. The molecule has 0 saturated heterocycles. The van der Waals surface area contributed by atoms with Gasteiger partial charge in [-0.1, -0.05) is 139 Å². The van der Waals surface area contributed by atoms with Crippen LogP contribution in [0.5, 0.6) is 0 Å². The molecule has 0 N–H and O–H groups in total. The van der Waals surface area contributed by atoms with Crippen molar-refractivity contribution in [2.75, 3.05) is 0 Å². The van der Waals surface area contributed by atoms with Crippen LogP contribution in [0.1, 0.15) is 21.9 Å². The second kappa shape index (κ2) is 12.3. The molecule has 0 fully saturated rings. The molecule has 57 heavy (non-hydrogen) atoms. The summed E-state index contributed by atoms with van der Waals surface area (Å²) in [6.07, 6.45) is 0. The number of hydrogen-bond donors (Lipinski definition) is 0. The van der Waals surface area contributed by atoms with Gasteiger partial charge in [0.05, 0.1) is 44.0 Å². The minimum Gasteiger partial charge on any atom is -0.456 e. The fourth-order valence-corrected chi connectivity index (χ4v) is 7.52. The van der Waals surface area contributed by atoms with Crippen molar-refractivity contribution in [2.45, 2.75) is 0 Å². The van der Waals surface area contributed by atoms with Crippen molar-refractivity contribution in [1.29, 1.82) is 0 Å². The van der Waals surface area contributed by atoms with Gasteiger partial charge in [0.2, 0.25) is 11.9 Å². The highest BCUT2D eigenvalue weighted by Crippen LogP contribution is 2.36. The quantitative estimate of drug-likeness (QED) is 0.176. The Morgan fingerprint density at radius 2 is 0.825 bits per heavy atom. The van der Waals surface area contributed by atoms with Gasteiger partial charge >= 0.3 is 0 Å². The summed E-state index contributed by atoms with van der Waals surface area (Å²) < 4.78 is 150. The Kier molecular flexibility index (Phi) is 4.26. The predicted octanol–water partition coefficient (Wildman–Crippen LogP) is 13.0. The molecule has 4 heterocycles. The molecule has 0 atom stereocenters. The summed E-state index contributed by atoms with van der Waals surface area (Å²) in [5.74, 6) is -1.08. The van der Waals surface area contributed by atoms with E-state index in [1.165, 1.54) is 0 Å². The number of nitrogens with zero attached hydrogens (tertiary/aromatic N) is 5. The van der Waals surface area contributed by atoms with Gasteiger partial charge in [0.25, 0.3) is 0 Å². The molecule has 0 bridgehead atoms. The maximum atomic E-state index is 9.17. The average molecular weight is 746 g/mol. The molecular formula is C51H31N5O. The van der Waals surface area contributed by atoms with Gasteiger partial charge < -0.3 is 4.42 Å². The van der Waals surface area contributed by atoms with E-state index in [1.807, 2.05) is 72.8 Å². The lowest BCUT2D eigenvalue weighted by atomic mass is 9.97. The van der Waals surface area contributed by atoms with Crippen LogP contribution in [-0.2, 0) is 0 Å². The second-order valence-electron chi connectivity index (χ2n) is 13.3. The van der Waals surface area contributed by atoms with Crippen molar-refractivity contribution in [3.05, 3.63) is 188 Å². The van der Waals surface area contributed by atoms with Crippen LogP contribution in [0.25, 0.3) is 111 Å². The van der Waals surface area contributed by atoms with Crippen molar-refractivity contribution in [3.8, 4) is 45.5 Å². The molecule has 0 radical (unpaired) electrons. The fourth-order valence-electron chi connectivity index (χ4n) is 7.52. The summed E-state index contributed by atoms with van der Waals surface area (Å²) in [7, 11) is 0. The molecule has 12 rings (SSSR count). The van der Waals surface area contributed by atoms with Gasteiger partial charge in [-0.25, -0.2) is 0 Å². The number of rotatable bonds is 5. The first-order valence-corrected chi connectivity index (χ1v) is 17.8. The number of fused-ring (bicyclic) bond motifs is 9. The largest absolute Gasteiger partial charge is 0.456 e. The van der Waals surface area contributed by atoms with Gasteiger partial charge in [0, 0.05) is 37.9 Å². The molecule has 0 aliphatic heterocycles. The Morgan fingerprint density at radius 3 is 1.40 bits per heavy atom. The Morgan fingerprint density at radius 1 is 0.368 bits per heavy atom. The van der Waals surface area contributed by atoms with Crippen LogP contribution in [0.2, 0.25) is 0 Å². The molecule has 266 valence electrons. The zero-order valence-electron chi connectivity index (χ0n) is 45.3. The van der Waals surface area contributed by atoms with Crippen molar-refractivity contribution in [3.63, 3.8) is 0 Å². The zero-order chi connectivity index (χ0) is 51.4. The molecule has 0 saturated carbocycles. The van der Waals surface area contributed by atoms with E-state index in [0.29, 0.717) is 5.56 Å². The Labute approximate surface area is 349 Å². The summed E-state index contributed by atoms with van der Waals surface area (Å²) in [4.78, 5) is 14.4. The lowest BCUT2D eigenvalue weighted by Gasteiger charge is -2.13. The van der Waals surface area contributed by atoms with Crippen molar-refractivity contribution in [1.82, 2.24) is 24.1 Å². The molecule has 0 aliphatic carbocycles. The first-order valence-electron chi connectivity index (χ1n) is 25.8. The topological polar surface area (TPSA) is 61.7 Å². The average Bonchev–Trinajstić information content (AvgIpc) is 4.10. The van der Waals surface area contributed by atoms with E-state index in [1.54, 1.807) is 12.1 Å². The first-order chi connectivity index (χ1) is 34.9. The molecule has 12 aromatic rings. The molecule has 0 amide bonds. The summed E-state index contributed by atoms with van der Waals surface area (Å²) in [6, 6.07) is 18.3. The van der Waals surface area contributed by atoms with Crippen LogP contribution >= 0.6 is 0 Å². The maximum Gasteiger partial charge on any atom is 0.240 e. The monoisotopic (exact) mass is 745 g/mol. The lowest BCUT2D eigenvalue weighted by Crippen LogP contribution is -2.10. The SMILES string of the molecule is [2H]c1c([2H])c([2H])c2c(c1[2H])c1c([2H])c([2H])c([2H])c([2H])c1n2-c1nc(-c2ccc(-c3cccc(-c4ccc5oc6ccccc6c5c4)c3)cc2)nc(-n2c3c([2H])c([2H])c([2H])c([2H])c3c3c([2H])c([2H])c([2H])c([2H])c32)n1. The van der Waals surface area contributed by atoms with Gasteiger partial charge in [-0.3, -0.25) is 9.13 Å². The third kappa shape index (κ3) is 4.94. The predicted molar refractivity (Wildman–Crippen MR) is 232 cm³/mol. The summed E-state index contributed by atoms with van der Waals surface area (Å²) >= 11 is 0. The highest BCUT2D eigenvalue weighted by atomic mass is 16.3. The van der Waals surface area contributed by atoms with Crippen molar-refractivity contribution >= 4 is 65.6 Å². The Hall–Kier alpha value is -7.83.